The lowest BCUT2D eigenvalue weighted by atomic mass is 10.2. The summed E-state index contributed by atoms with van der Waals surface area (Å²) in [5.41, 5.74) is 1.89. The molecule has 0 aliphatic carbocycles. The Balaban J connectivity index is 0.00000364. The summed E-state index contributed by atoms with van der Waals surface area (Å²) in [5.74, 6) is 0.737. The molecule has 3 N–H and O–H groups in total. The summed E-state index contributed by atoms with van der Waals surface area (Å²) in [6.07, 6.45) is 2.88. The smallest absolute Gasteiger partial charge is 0.226 e. The molecule has 27 heavy (non-hydrogen) atoms. The molecule has 1 saturated heterocycles. The molecule has 0 spiro atoms. The van der Waals surface area contributed by atoms with E-state index in [1.807, 2.05) is 25.1 Å². The molecule has 1 amide bonds. The van der Waals surface area contributed by atoms with Crippen LogP contribution in [0.1, 0.15) is 31.7 Å². The average Bonchev–Trinajstić information content (AvgIpc) is 3.08. The third kappa shape index (κ3) is 7.95. The van der Waals surface area contributed by atoms with Crippen LogP contribution in [0.2, 0.25) is 0 Å². The number of likely N-dealkylation sites (tertiary alicyclic amines) is 1. The molecule has 2 rings (SSSR count). The van der Waals surface area contributed by atoms with Crippen molar-refractivity contribution in [2.24, 2.45) is 4.99 Å². The zero-order chi connectivity index (χ0) is 18.9. The topological polar surface area (TPSA) is 68.8 Å². The van der Waals surface area contributed by atoms with E-state index < -0.39 is 0 Å². The van der Waals surface area contributed by atoms with Crippen LogP contribution in [0.3, 0.4) is 0 Å². The summed E-state index contributed by atoms with van der Waals surface area (Å²) in [6.45, 7) is 7.89. The lowest BCUT2D eigenvalue weighted by molar-refractivity contribution is -0.116. The molecule has 1 heterocycles. The van der Waals surface area contributed by atoms with Crippen LogP contribution in [0.5, 0.6) is 0 Å². The number of likely N-dealkylation sites (N-methyl/N-ethyl adjacent to an activating group) is 1. The van der Waals surface area contributed by atoms with E-state index in [1.54, 1.807) is 7.05 Å². The molecule has 1 aliphatic rings. The number of benzene rings is 1. The van der Waals surface area contributed by atoms with Gasteiger partial charge in [0.1, 0.15) is 0 Å². The highest BCUT2D eigenvalue weighted by Crippen LogP contribution is 2.20. The molecule has 1 aromatic rings. The predicted octanol–water partition coefficient (Wildman–Crippen LogP) is 3.35. The van der Waals surface area contributed by atoms with Crippen LogP contribution in [0, 0.1) is 6.92 Å². The molecule has 152 valence electrons. The van der Waals surface area contributed by atoms with Crippen molar-refractivity contribution >= 4 is 57.5 Å². The van der Waals surface area contributed by atoms with Gasteiger partial charge < -0.3 is 16.0 Å². The van der Waals surface area contributed by atoms with Crippen molar-refractivity contribution < 1.29 is 4.79 Å². The highest BCUT2D eigenvalue weighted by molar-refractivity contribution is 14.0. The van der Waals surface area contributed by atoms with Crippen LogP contribution in [0.4, 0.5) is 5.69 Å². The fraction of sp³-hybridized carbons (Fsp3) is 0.579. The monoisotopic (exact) mass is 551 g/mol. The van der Waals surface area contributed by atoms with E-state index in [9.17, 15) is 4.79 Å². The van der Waals surface area contributed by atoms with Gasteiger partial charge in [0.05, 0.1) is 0 Å². The number of nitrogens with one attached hydrogen (secondary N) is 3. The van der Waals surface area contributed by atoms with Crippen LogP contribution < -0.4 is 16.0 Å². The first kappa shape index (κ1) is 24.2. The first-order valence-corrected chi connectivity index (χ1v) is 10.1. The largest absolute Gasteiger partial charge is 0.356 e. The summed E-state index contributed by atoms with van der Waals surface area (Å²) in [5, 5.41) is 9.55. The van der Waals surface area contributed by atoms with Gasteiger partial charge in [-0.25, -0.2) is 0 Å². The SMILES string of the molecule is CCN1CCCC1CNC(=NC)NCCC(=O)Nc1cc(Br)ccc1C.I. The maximum absolute atomic E-state index is 12.2. The molecular weight excluding hydrogens is 521 g/mol. The van der Waals surface area contributed by atoms with Crippen molar-refractivity contribution in [3.63, 3.8) is 0 Å². The van der Waals surface area contributed by atoms with Gasteiger partial charge in [0.15, 0.2) is 5.96 Å². The second-order valence-electron chi connectivity index (χ2n) is 6.56. The highest BCUT2D eigenvalue weighted by atomic mass is 127. The summed E-state index contributed by atoms with van der Waals surface area (Å²) in [7, 11) is 1.76. The van der Waals surface area contributed by atoms with E-state index in [1.165, 1.54) is 19.4 Å². The maximum atomic E-state index is 12.2. The normalized spacial score (nSPS) is 17.3. The van der Waals surface area contributed by atoms with Crippen LogP contribution in [-0.4, -0.2) is 56.0 Å². The van der Waals surface area contributed by atoms with Crippen molar-refractivity contribution in [1.29, 1.82) is 0 Å². The maximum Gasteiger partial charge on any atom is 0.226 e. The van der Waals surface area contributed by atoms with Crippen molar-refractivity contribution in [1.82, 2.24) is 15.5 Å². The molecular formula is C19H31BrIN5O. The number of carbonyl (C=O) groups is 1. The molecule has 6 nitrogen and oxygen atoms in total. The zero-order valence-corrected chi connectivity index (χ0v) is 20.3. The molecule has 1 atom stereocenters. The molecule has 1 unspecified atom stereocenters. The second-order valence-corrected chi connectivity index (χ2v) is 7.48. The first-order valence-electron chi connectivity index (χ1n) is 9.28. The minimum atomic E-state index is -0.0119. The Kier molecular flexibility index (Phi) is 11.2. The van der Waals surface area contributed by atoms with E-state index in [0.29, 0.717) is 19.0 Å². The Labute approximate surface area is 188 Å². The Hall–Kier alpha value is -0.870. The van der Waals surface area contributed by atoms with Gasteiger partial charge in [-0.3, -0.25) is 14.7 Å². The van der Waals surface area contributed by atoms with Crippen molar-refractivity contribution in [3.8, 4) is 0 Å². The van der Waals surface area contributed by atoms with Crippen LogP contribution in [0.15, 0.2) is 27.7 Å². The minimum Gasteiger partial charge on any atom is -0.356 e. The van der Waals surface area contributed by atoms with Gasteiger partial charge in [-0.2, -0.15) is 0 Å². The molecule has 0 bridgehead atoms. The van der Waals surface area contributed by atoms with E-state index in [4.69, 9.17) is 0 Å². The highest BCUT2D eigenvalue weighted by Gasteiger charge is 2.22. The Morgan fingerprint density at radius 3 is 2.85 bits per heavy atom. The number of aliphatic imine (C=N–C) groups is 1. The van der Waals surface area contributed by atoms with E-state index >= 15 is 0 Å². The minimum absolute atomic E-state index is 0. The number of guanidine groups is 1. The Morgan fingerprint density at radius 1 is 1.37 bits per heavy atom. The fourth-order valence-corrected chi connectivity index (χ4v) is 3.57. The fourth-order valence-electron chi connectivity index (χ4n) is 3.21. The average molecular weight is 552 g/mol. The van der Waals surface area contributed by atoms with Gasteiger partial charge in [-0.15, -0.1) is 24.0 Å². The van der Waals surface area contributed by atoms with Gasteiger partial charge in [0.25, 0.3) is 0 Å². The lowest BCUT2D eigenvalue weighted by Crippen LogP contribution is -2.45. The zero-order valence-electron chi connectivity index (χ0n) is 16.3. The Morgan fingerprint density at radius 2 is 2.15 bits per heavy atom. The second kappa shape index (κ2) is 12.6. The van der Waals surface area contributed by atoms with E-state index in [0.717, 1.165) is 34.8 Å². The molecule has 8 heteroatoms. The number of hydrogen-bond donors (Lipinski definition) is 3. The quantitative estimate of drug-likeness (QED) is 0.276. The number of hydrogen-bond acceptors (Lipinski definition) is 3. The number of carbonyl (C=O) groups excluding carboxylic acids is 1. The predicted molar refractivity (Wildman–Crippen MR) is 127 cm³/mol. The molecule has 1 aliphatic heterocycles. The summed E-state index contributed by atoms with van der Waals surface area (Å²) < 4.78 is 0.953. The molecule has 1 aromatic carbocycles. The van der Waals surface area contributed by atoms with Gasteiger partial charge >= 0.3 is 0 Å². The molecule has 0 saturated carbocycles. The van der Waals surface area contributed by atoms with Gasteiger partial charge in [-0.05, 0) is 50.6 Å². The number of aryl methyl sites for hydroxylation is 1. The first-order chi connectivity index (χ1) is 12.5. The number of anilines is 1. The number of halogens is 2. The summed E-state index contributed by atoms with van der Waals surface area (Å²) >= 11 is 3.43. The van der Waals surface area contributed by atoms with Crippen LogP contribution in [0.25, 0.3) is 0 Å². The molecule has 0 radical (unpaired) electrons. The van der Waals surface area contributed by atoms with Gasteiger partial charge in [-0.1, -0.05) is 28.9 Å². The van der Waals surface area contributed by atoms with Gasteiger partial charge in [0, 0.05) is 42.8 Å². The standard InChI is InChI=1S/C19H30BrN5O.HI/c1-4-25-11-5-6-16(25)13-23-19(21-3)22-10-9-18(26)24-17-12-15(20)8-7-14(17)2;/h7-8,12,16H,4-6,9-11,13H2,1-3H3,(H,24,26)(H2,21,22,23);1H. The van der Waals surface area contributed by atoms with Crippen LogP contribution >= 0.6 is 39.9 Å². The number of rotatable bonds is 7. The number of nitrogens with zero attached hydrogens (tertiary/aromatic N) is 2. The van der Waals surface area contributed by atoms with Gasteiger partial charge in [0.2, 0.25) is 5.91 Å². The van der Waals surface area contributed by atoms with Crippen molar-refractivity contribution in [2.75, 3.05) is 38.5 Å². The summed E-state index contributed by atoms with van der Waals surface area (Å²) in [6, 6.07) is 6.43. The number of amides is 1. The third-order valence-electron chi connectivity index (χ3n) is 4.75. The van der Waals surface area contributed by atoms with Crippen LogP contribution in [-0.2, 0) is 4.79 Å². The van der Waals surface area contributed by atoms with E-state index in [2.05, 4.69) is 48.7 Å². The molecule has 0 aromatic heterocycles. The molecule has 1 fully saturated rings. The third-order valence-corrected chi connectivity index (χ3v) is 5.25. The summed E-state index contributed by atoms with van der Waals surface area (Å²) in [4.78, 5) is 18.9. The van der Waals surface area contributed by atoms with E-state index in [-0.39, 0.29) is 29.9 Å². The van der Waals surface area contributed by atoms with Crippen molar-refractivity contribution in [3.05, 3.63) is 28.2 Å². The lowest BCUT2D eigenvalue weighted by Gasteiger charge is -2.23. The van der Waals surface area contributed by atoms with Crippen molar-refractivity contribution in [2.45, 2.75) is 39.2 Å². The Bertz CT molecular complexity index is 641.